The molecule has 3 nitrogen and oxygen atoms in total. The average Bonchev–Trinajstić information content (AvgIpc) is 1.80. The second-order valence-corrected chi connectivity index (χ2v) is 3.31. The minimum atomic E-state index is -0.227. The first kappa shape index (κ1) is 9.51. The van der Waals surface area contributed by atoms with E-state index in [9.17, 15) is 4.79 Å². The van der Waals surface area contributed by atoms with Crippen molar-refractivity contribution in [3.63, 3.8) is 0 Å². The van der Waals surface area contributed by atoms with Crippen molar-refractivity contribution in [2.45, 2.75) is 12.8 Å². The van der Waals surface area contributed by atoms with Gasteiger partial charge in [-0.25, -0.2) is 0 Å². The van der Waals surface area contributed by atoms with Crippen molar-refractivity contribution in [2.75, 3.05) is 6.54 Å². The van der Waals surface area contributed by atoms with Crippen LogP contribution < -0.4 is 10.5 Å². The third kappa shape index (κ3) is 8.51. The van der Waals surface area contributed by atoms with Crippen LogP contribution in [0, 0.1) is 0 Å². The zero-order chi connectivity index (χ0) is 7.11. The van der Waals surface area contributed by atoms with Crippen molar-refractivity contribution in [3.8, 4) is 0 Å². The second-order valence-electron chi connectivity index (χ2n) is 1.54. The standard InChI is InChI=1S/C4H9IN2OS/c5-9-7-3-1-2-4(6)8/h7H,1-3H2,(H2,6,8). The van der Waals surface area contributed by atoms with Gasteiger partial charge >= 0.3 is 0 Å². The molecule has 0 unspecified atom stereocenters. The van der Waals surface area contributed by atoms with E-state index in [1.165, 1.54) is 9.12 Å². The lowest BCUT2D eigenvalue weighted by Crippen LogP contribution is -2.13. The minimum Gasteiger partial charge on any atom is -0.370 e. The molecular formula is C4H9IN2OS. The molecule has 0 rings (SSSR count). The molecule has 0 saturated heterocycles. The van der Waals surface area contributed by atoms with Gasteiger partial charge in [0.25, 0.3) is 0 Å². The van der Waals surface area contributed by atoms with Gasteiger partial charge in [0.05, 0.1) is 0 Å². The van der Waals surface area contributed by atoms with Crippen molar-refractivity contribution in [1.82, 2.24) is 4.72 Å². The average molecular weight is 260 g/mol. The number of primary amides is 1. The number of nitrogens with one attached hydrogen (secondary N) is 1. The van der Waals surface area contributed by atoms with Crippen LogP contribution in [-0.2, 0) is 4.79 Å². The SMILES string of the molecule is NC(=O)CCCNSI. The monoisotopic (exact) mass is 260 g/mol. The van der Waals surface area contributed by atoms with E-state index in [4.69, 9.17) is 5.73 Å². The number of halogens is 1. The maximum absolute atomic E-state index is 10.1. The molecule has 0 aliphatic rings. The summed E-state index contributed by atoms with van der Waals surface area (Å²) in [5.74, 6) is -0.227. The largest absolute Gasteiger partial charge is 0.370 e. The summed E-state index contributed by atoms with van der Waals surface area (Å²) < 4.78 is 3.00. The Morgan fingerprint density at radius 1 is 1.78 bits per heavy atom. The van der Waals surface area contributed by atoms with Crippen molar-refractivity contribution in [2.24, 2.45) is 5.73 Å². The highest BCUT2D eigenvalue weighted by atomic mass is 127. The van der Waals surface area contributed by atoms with Crippen LogP contribution in [0.2, 0.25) is 0 Å². The summed E-state index contributed by atoms with van der Waals surface area (Å²) in [5.41, 5.74) is 4.90. The summed E-state index contributed by atoms with van der Waals surface area (Å²) in [6, 6.07) is 0. The summed E-state index contributed by atoms with van der Waals surface area (Å²) in [6.07, 6.45) is 1.30. The zero-order valence-corrected chi connectivity index (χ0v) is 7.87. The van der Waals surface area contributed by atoms with Crippen molar-refractivity contribution in [1.29, 1.82) is 0 Å². The molecular weight excluding hydrogens is 251 g/mol. The van der Waals surface area contributed by atoms with E-state index in [-0.39, 0.29) is 5.91 Å². The van der Waals surface area contributed by atoms with E-state index in [1.807, 2.05) is 0 Å². The lowest BCUT2D eigenvalue weighted by Gasteiger charge is -1.95. The van der Waals surface area contributed by atoms with Gasteiger partial charge in [-0.1, -0.05) is 0 Å². The first-order valence-electron chi connectivity index (χ1n) is 2.56. The first-order valence-corrected chi connectivity index (χ1v) is 5.92. The minimum absolute atomic E-state index is 0.227. The van der Waals surface area contributed by atoms with Gasteiger partial charge in [-0.2, -0.15) is 0 Å². The summed E-state index contributed by atoms with van der Waals surface area (Å²) in [7, 11) is 1.52. The molecule has 1 amide bonds. The quantitative estimate of drug-likeness (QED) is 0.437. The van der Waals surface area contributed by atoms with Gasteiger partial charge in [-0.05, 0) is 15.5 Å². The van der Waals surface area contributed by atoms with Crippen LogP contribution in [-0.4, -0.2) is 12.5 Å². The molecule has 0 heterocycles. The highest BCUT2D eigenvalue weighted by Crippen LogP contribution is 2.03. The summed E-state index contributed by atoms with van der Waals surface area (Å²) in [4.78, 5) is 10.1. The summed E-state index contributed by atoms with van der Waals surface area (Å²) in [6.45, 7) is 0.844. The molecule has 0 saturated carbocycles. The molecule has 0 spiro atoms. The van der Waals surface area contributed by atoms with E-state index < -0.39 is 0 Å². The smallest absolute Gasteiger partial charge is 0.217 e. The lowest BCUT2D eigenvalue weighted by atomic mass is 10.3. The van der Waals surface area contributed by atoms with Gasteiger partial charge in [0.2, 0.25) is 5.91 Å². The van der Waals surface area contributed by atoms with Crippen molar-refractivity contribution in [3.05, 3.63) is 0 Å². The Bertz CT molecular complexity index is 90.6. The number of amides is 1. The van der Waals surface area contributed by atoms with E-state index >= 15 is 0 Å². The molecule has 0 radical (unpaired) electrons. The third-order valence-electron chi connectivity index (χ3n) is 0.757. The number of rotatable bonds is 5. The van der Waals surface area contributed by atoms with Crippen LogP contribution >= 0.6 is 30.3 Å². The van der Waals surface area contributed by atoms with Crippen molar-refractivity contribution < 1.29 is 4.79 Å². The molecule has 5 heteroatoms. The predicted octanol–water partition coefficient (Wildman–Crippen LogP) is 0.840. The van der Waals surface area contributed by atoms with E-state index in [2.05, 4.69) is 25.9 Å². The van der Waals surface area contributed by atoms with Crippen LogP contribution in [0.25, 0.3) is 0 Å². The van der Waals surface area contributed by atoms with E-state index in [0.29, 0.717) is 6.42 Å². The first-order chi connectivity index (χ1) is 4.27. The summed E-state index contributed by atoms with van der Waals surface area (Å²) >= 11 is 2.13. The molecule has 0 aliphatic carbocycles. The molecule has 0 aromatic heterocycles. The Morgan fingerprint density at radius 3 is 2.89 bits per heavy atom. The maximum atomic E-state index is 10.1. The molecule has 3 N–H and O–H groups in total. The van der Waals surface area contributed by atoms with Gasteiger partial charge in [0, 0.05) is 34.2 Å². The Kier molecular flexibility index (Phi) is 7.00. The number of nitrogens with two attached hydrogens (primary N) is 1. The number of hydrogen-bond donors (Lipinski definition) is 2. The Morgan fingerprint density at radius 2 is 2.44 bits per heavy atom. The molecule has 0 atom stereocenters. The Balaban J connectivity index is 2.83. The number of carbonyl (C=O) groups is 1. The van der Waals surface area contributed by atoms with Gasteiger partial charge in [0.15, 0.2) is 0 Å². The van der Waals surface area contributed by atoms with Gasteiger partial charge in [-0.15, -0.1) is 0 Å². The van der Waals surface area contributed by atoms with Gasteiger partial charge < -0.3 is 5.73 Å². The van der Waals surface area contributed by atoms with Crippen LogP contribution in [0.1, 0.15) is 12.8 Å². The Labute approximate surface area is 70.9 Å². The summed E-state index contributed by atoms with van der Waals surface area (Å²) in [5, 5.41) is 0. The molecule has 9 heavy (non-hydrogen) atoms. The van der Waals surface area contributed by atoms with E-state index in [1.54, 1.807) is 0 Å². The fraction of sp³-hybridized carbons (Fsp3) is 0.750. The normalized spacial score (nSPS) is 9.44. The highest BCUT2D eigenvalue weighted by Gasteiger charge is 1.91. The predicted molar refractivity (Wildman–Crippen MR) is 48.0 cm³/mol. The topological polar surface area (TPSA) is 55.1 Å². The fourth-order valence-corrected chi connectivity index (χ4v) is 1.26. The molecule has 0 aromatic rings. The third-order valence-corrected chi connectivity index (χ3v) is 2.00. The van der Waals surface area contributed by atoms with Gasteiger partial charge in [0.1, 0.15) is 0 Å². The highest BCUT2D eigenvalue weighted by molar-refractivity contribution is 14.2. The molecule has 54 valence electrons. The maximum Gasteiger partial charge on any atom is 0.217 e. The fourth-order valence-electron chi connectivity index (χ4n) is 0.373. The van der Waals surface area contributed by atoms with Crippen molar-refractivity contribution >= 4 is 36.2 Å². The molecule has 0 aliphatic heterocycles. The number of hydrogen-bond acceptors (Lipinski definition) is 3. The molecule has 0 fully saturated rings. The van der Waals surface area contributed by atoms with E-state index in [0.717, 1.165) is 13.0 Å². The van der Waals surface area contributed by atoms with Gasteiger partial charge in [-0.3, -0.25) is 9.52 Å². The van der Waals surface area contributed by atoms with Crippen LogP contribution in [0.4, 0.5) is 0 Å². The lowest BCUT2D eigenvalue weighted by molar-refractivity contribution is -0.118. The number of carbonyl (C=O) groups excluding carboxylic acids is 1. The molecule has 0 aromatic carbocycles. The van der Waals surface area contributed by atoms with Crippen LogP contribution in [0.3, 0.4) is 0 Å². The van der Waals surface area contributed by atoms with Crippen LogP contribution in [0.5, 0.6) is 0 Å². The Hall–Kier alpha value is 0.510. The molecule has 0 bridgehead atoms. The zero-order valence-electron chi connectivity index (χ0n) is 4.89. The van der Waals surface area contributed by atoms with Crippen LogP contribution in [0.15, 0.2) is 0 Å². The second kappa shape index (κ2) is 6.63.